The molecule has 4 rings (SSSR count). The molecule has 5 nitrogen and oxygen atoms in total. The molecule has 0 aliphatic heterocycles. The zero-order chi connectivity index (χ0) is 16.5. The molecule has 0 saturated carbocycles. The third kappa shape index (κ3) is 2.30. The molecule has 2 heterocycles. The van der Waals surface area contributed by atoms with E-state index in [1.807, 2.05) is 55.6 Å². The molecule has 2 N–H and O–H groups in total. The molecule has 120 valence electrons. The summed E-state index contributed by atoms with van der Waals surface area (Å²) in [5.41, 5.74) is 5.72. The number of aliphatic hydroxyl groups is 1. The Morgan fingerprint density at radius 1 is 1.08 bits per heavy atom. The van der Waals surface area contributed by atoms with Crippen LogP contribution in [0.25, 0.3) is 27.9 Å². The highest BCUT2D eigenvalue weighted by Crippen LogP contribution is 2.28. The van der Waals surface area contributed by atoms with Gasteiger partial charge in [0.25, 0.3) is 0 Å². The van der Waals surface area contributed by atoms with Crippen molar-refractivity contribution >= 4 is 22.5 Å². The summed E-state index contributed by atoms with van der Waals surface area (Å²) in [6.07, 6.45) is 1.87. The van der Waals surface area contributed by atoms with Crippen molar-refractivity contribution in [2.75, 3.05) is 11.9 Å². The third-order valence-electron chi connectivity index (χ3n) is 4.11. The topological polar surface area (TPSA) is 62.5 Å². The Labute approximate surface area is 139 Å². The van der Waals surface area contributed by atoms with Crippen molar-refractivity contribution in [1.29, 1.82) is 0 Å². The van der Waals surface area contributed by atoms with Crippen LogP contribution in [-0.4, -0.2) is 26.0 Å². The van der Waals surface area contributed by atoms with Gasteiger partial charge >= 0.3 is 0 Å². The highest BCUT2D eigenvalue weighted by molar-refractivity contribution is 5.86. The standard InChI is InChI=1S/C19H18N4O/c1-2-20-18-19-21-11-17(14-9-7-13(12-24)8-10-14)23(19)16-6-4-3-5-15(16)22-18/h3-11,24H,2,12H2,1H3,(H,20,22). The van der Waals surface area contributed by atoms with Crippen molar-refractivity contribution in [3.8, 4) is 11.3 Å². The van der Waals surface area contributed by atoms with E-state index in [0.717, 1.165) is 45.9 Å². The van der Waals surface area contributed by atoms with Crippen molar-refractivity contribution in [2.45, 2.75) is 13.5 Å². The second-order valence-electron chi connectivity index (χ2n) is 5.64. The van der Waals surface area contributed by atoms with E-state index in [2.05, 4.69) is 20.8 Å². The lowest BCUT2D eigenvalue weighted by atomic mass is 10.1. The first-order chi connectivity index (χ1) is 11.8. The lowest BCUT2D eigenvalue weighted by Gasteiger charge is -2.10. The largest absolute Gasteiger partial charge is 0.392 e. The van der Waals surface area contributed by atoms with Gasteiger partial charge in [-0.25, -0.2) is 9.97 Å². The van der Waals surface area contributed by atoms with E-state index >= 15 is 0 Å². The summed E-state index contributed by atoms with van der Waals surface area (Å²) in [6, 6.07) is 16.0. The predicted octanol–water partition coefficient (Wildman–Crippen LogP) is 3.47. The Balaban J connectivity index is 2.02. The van der Waals surface area contributed by atoms with Crippen LogP contribution in [0.3, 0.4) is 0 Å². The molecule has 0 aliphatic rings. The zero-order valence-electron chi connectivity index (χ0n) is 13.4. The Kier molecular flexibility index (Phi) is 3.63. The molecule has 5 heteroatoms. The number of hydrogen-bond acceptors (Lipinski definition) is 4. The number of benzene rings is 2. The van der Waals surface area contributed by atoms with Crippen molar-refractivity contribution < 1.29 is 5.11 Å². The van der Waals surface area contributed by atoms with E-state index in [4.69, 9.17) is 4.98 Å². The van der Waals surface area contributed by atoms with Crippen LogP contribution >= 0.6 is 0 Å². The normalized spacial score (nSPS) is 11.2. The minimum absolute atomic E-state index is 0.0465. The van der Waals surface area contributed by atoms with E-state index in [1.165, 1.54) is 0 Å². The van der Waals surface area contributed by atoms with Crippen molar-refractivity contribution in [2.24, 2.45) is 0 Å². The quantitative estimate of drug-likeness (QED) is 0.605. The van der Waals surface area contributed by atoms with Crippen molar-refractivity contribution in [3.63, 3.8) is 0 Å². The lowest BCUT2D eigenvalue weighted by molar-refractivity contribution is 0.282. The Bertz CT molecular complexity index is 1010. The second kappa shape index (κ2) is 5.94. The number of rotatable bonds is 4. The van der Waals surface area contributed by atoms with Crippen LogP contribution in [0.4, 0.5) is 5.82 Å². The number of para-hydroxylation sites is 2. The molecule has 4 aromatic rings. The first-order valence-corrected chi connectivity index (χ1v) is 8.02. The molecule has 2 aromatic heterocycles. The van der Waals surface area contributed by atoms with Gasteiger partial charge in [0.1, 0.15) is 0 Å². The molecule has 2 aromatic carbocycles. The molecule has 0 radical (unpaired) electrons. The molecule has 0 unspecified atom stereocenters. The van der Waals surface area contributed by atoms with Crippen LogP contribution in [0, 0.1) is 0 Å². The Hall–Kier alpha value is -2.92. The zero-order valence-corrected chi connectivity index (χ0v) is 13.4. The molecular formula is C19H18N4O. The molecule has 0 fully saturated rings. The van der Waals surface area contributed by atoms with Gasteiger partial charge in [0.15, 0.2) is 11.5 Å². The predicted molar refractivity (Wildman–Crippen MR) is 96.0 cm³/mol. The number of hydrogen-bond donors (Lipinski definition) is 2. The van der Waals surface area contributed by atoms with Crippen LogP contribution in [0.2, 0.25) is 0 Å². The number of imidazole rings is 1. The van der Waals surface area contributed by atoms with Crippen LogP contribution < -0.4 is 5.32 Å². The van der Waals surface area contributed by atoms with Gasteiger partial charge in [-0.3, -0.25) is 4.40 Å². The summed E-state index contributed by atoms with van der Waals surface area (Å²) >= 11 is 0. The lowest BCUT2D eigenvalue weighted by Crippen LogP contribution is -2.04. The summed E-state index contributed by atoms with van der Waals surface area (Å²) in [7, 11) is 0. The van der Waals surface area contributed by atoms with Crippen LogP contribution in [-0.2, 0) is 6.61 Å². The van der Waals surface area contributed by atoms with Crippen LogP contribution in [0.15, 0.2) is 54.7 Å². The number of nitrogens with zero attached hydrogens (tertiary/aromatic N) is 3. The molecule has 0 spiro atoms. The van der Waals surface area contributed by atoms with Gasteiger partial charge in [0.05, 0.1) is 29.5 Å². The Morgan fingerprint density at radius 3 is 2.62 bits per heavy atom. The van der Waals surface area contributed by atoms with Gasteiger partial charge in [0.2, 0.25) is 0 Å². The number of aromatic nitrogens is 3. The average Bonchev–Trinajstić information content (AvgIpc) is 3.08. The van der Waals surface area contributed by atoms with Gasteiger partial charge in [-0.15, -0.1) is 0 Å². The van der Waals surface area contributed by atoms with Gasteiger partial charge in [-0.2, -0.15) is 0 Å². The molecular weight excluding hydrogens is 300 g/mol. The molecule has 24 heavy (non-hydrogen) atoms. The van der Waals surface area contributed by atoms with Gasteiger partial charge < -0.3 is 10.4 Å². The summed E-state index contributed by atoms with van der Waals surface area (Å²) in [6.45, 7) is 2.88. The monoisotopic (exact) mass is 318 g/mol. The summed E-state index contributed by atoms with van der Waals surface area (Å²) in [5, 5.41) is 12.5. The Morgan fingerprint density at radius 2 is 1.88 bits per heavy atom. The van der Waals surface area contributed by atoms with Gasteiger partial charge in [0, 0.05) is 12.1 Å². The smallest absolute Gasteiger partial charge is 0.181 e. The average molecular weight is 318 g/mol. The number of aliphatic hydroxyl groups excluding tert-OH is 1. The maximum Gasteiger partial charge on any atom is 0.181 e. The maximum atomic E-state index is 9.23. The third-order valence-corrected chi connectivity index (χ3v) is 4.11. The van der Waals surface area contributed by atoms with E-state index < -0.39 is 0 Å². The first kappa shape index (κ1) is 14.7. The highest BCUT2D eigenvalue weighted by atomic mass is 16.3. The molecule has 0 saturated heterocycles. The van der Waals surface area contributed by atoms with E-state index in [0.29, 0.717) is 0 Å². The number of fused-ring (bicyclic) bond motifs is 3. The summed E-state index contributed by atoms with van der Waals surface area (Å²) in [4.78, 5) is 9.29. The van der Waals surface area contributed by atoms with Gasteiger partial charge in [-0.05, 0) is 24.6 Å². The molecule has 0 aliphatic carbocycles. The van der Waals surface area contributed by atoms with Crippen molar-refractivity contribution in [1.82, 2.24) is 14.4 Å². The second-order valence-corrected chi connectivity index (χ2v) is 5.64. The first-order valence-electron chi connectivity index (χ1n) is 8.02. The number of nitrogens with one attached hydrogen (secondary N) is 1. The summed E-state index contributed by atoms with van der Waals surface area (Å²) < 4.78 is 2.13. The maximum absolute atomic E-state index is 9.23. The highest BCUT2D eigenvalue weighted by Gasteiger charge is 2.14. The van der Waals surface area contributed by atoms with Gasteiger partial charge in [-0.1, -0.05) is 36.4 Å². The van der Waals surface area contributed by atoms with E-state index in [9.17, 15) is 5.11 Å². The minimum Gasteiger partial charge on any atom is -0.392 e. The minimum atomic E-state index is 0.0465. The number of anilines is 1. The fourth-order valence-corrected chi connectivity index (χ4v) is 2.95. The summed E-state index contributed by atoms with van der Waals surface area (Å²) in [5.74, 6) is 0.787. The fourth-order valence-electron chi connectivity index (χ4n) is 2.95. The van der Waals surface area contributed by atoms with Crippen LogP contribution in [0.5, 0.6) is 0 Å². The molecule has 0 bridgehead atoms. The van der Waals surface area contributed by atoms with E-state index in [1.54, 1.807) is 0 Å². The SMILES string of the molecule is CCNc1nc2ccccc2n2c(-c3ccc(CO)cc3)cnc12. The molecule has 0 amide bonds. The fraction of sp³-hybridized carbons (Fsp3) is 0.158. The van der Waals surface area contributed by atoms with Crippen LogP contribution in [0.1, 0.15) is 12.5 Å². The van der Waals surface area contributed by atoms with E-state index in [-0.39, 0.29) is 6.61 Å². The van der Waals surface area contributed by atoms with Crippen molar-refractivity contribution in [3.05, 3.63) is 60.3 Å². The molecule has 0 atom stereocenters.